The Kier molecular flexibility index (Phi) is 5.32. The van der Waals surface area contributed by atoms with Gasteiger partial charge in [-0.3, -0.25) is 4.79 Å². The van der Waals surface area contributed by atoms with Gasteiger partial charge in [-0.05, 0) is 30.7 Å². The van der Waals surface area contributed by atoms with Crippen molar-refractivity contribution in [3.63, 3.8) is 0 Å². The molecule has 0 saturated heterocycles. The lowest BCUT2D eigenvalue weighted by Gasteiger charge is -2.16. The molecule has 0 N–H and O–H groups in total. The molecule has 0 aromatic heterocycles. The van der Waals surface area contributed by atoms with Gasteiger partial charge in [0.2, 0.25) is 0 Å². The number of carbonyl (C=O) groups excluding carboxylic acids is 1. The molecule has 0 heterocycles. The van der Waals surface area contributed by atoms with E-state index < -0.39 is 0 Å². The first-order valence-electron chi connectivity index (χ1n) is 5.14. The third-order valence-corrected chi connectivity index (χ3v) is 2.87. The number of carbonyl (C=O) groups is 1. The second kappa shape index (κ2) is 6.53. The van der Waals surface area contributed by atoms with Crippen LogP contribution in [-0.4, -0.2) is 36.8 Å². The molecule has 1 rings (SSSR count). The predicted molar refractivity (Wildman–Crippen MR) is 68.4 cm³/mol. The van der Waals surface area contributed by atoms with Gasteiger partial charge >= 0.3 is 0 Å². The van der Waals surface area contributed by atoms with Gasteiger partial charge in [-0.1, -0.05) is 15.9 Å². The summed E-state index contributed by atoms with van der Waals surface area (Å²) >= 11 is 3.35. The van der Waals surface area contributed by atoms with Gasteiger partial charge < -0.3 is 9.64 Å². The van der Waals surface area contributed by atoms with Gasteiger partial charge in [-0.25, -0.2) is 0 Å². The molecule has 0 bridgehead atoms. The van der Waals surface area contributed by atoms with E-state index in [9.17, 15) is 4.79 Å². The summed E-state index contributed by atoms with van der Waals surface area (Å²) in [6.45, 7) is 0.760. The van der Waals surface area contributed by atoms with E-state index in [4.69, 9.17) is 4.74 Å². The van der Waals surface area contributed by atoms with Gasteiger partial charge in [0.1, 0.15) is 5.75 Å². The van der Waals surface area contributed by atoms with E-state index in [-0.39, 0.29) is 5.91 Å². The Balaban J connectivity index is 2.64. The molecule has 1 aromatic rings. The maximum atomic E-state index is 11.9. The van der Waals surface area contributed by atoms with Crippen molar-refractivity contribution in [2.24, 2.45) is 0 Å². The second-order valence-corrected chi connectivity index (χ2v) is 4.29. The Bertz CT molecular complexity index is 337. The third-order valence-electron chi connectivity index (χ3n) is 2.31. The normalized spacial score (nSPS) is 9.94. The first-order valence-corrected chi connectivity index (χ1v) is 6.26. The van der Waals surface area contributed by atoms with Crippen LogP contribution in [0, 0.1) is 0 Å². The van der Waals surface area contributed by atoms with E-state index in [1.165, 1.54) is 0 Å². The molecule has 0 spiro atoms. The van der Waals surface area contributed by atoms with Crippen molar-refractivity contribution < 1.29 is 9.53 Å². The van der Waals surface area contributed by atoms with Gasteiger partial charge in [0, 0.05) is 24.5 Å². The van der Waals surface area contributed by atoms with Crippen LogP contribution in [-0.2, 0) is 0 Å². The van der Waals surface area contributed by atoms with E-state index in [2.05, 4.69) is 15.9 Å². The molecule has 16 heavy (non-hydrogen) atoms. The number of rotatable bonds is 5. The van der Waals surface area contributed by atoms with Gasteiger partial charge in [-0.2, -0.15) is 0 Å². The van der Waals surface area contributed by atoms with Crippen molar-refractivity contribution in [3.8, 4) is 5.75 Å². The number of hydrogen-bond acceptors (Lipinski definition) is 2. The summed E-state index contributed by atoms with van der Waals surface area (Å²) in [5.41, 5.74) is 0.692. The van der Waals surface area contributed by atoms with Gasteiger partial charge in [0.15, 0.2) is 0 Å². The summed E-state index contributed by atoms with van der Waals surface area (Å²) in [5.74, 6) is 0.809. The Morgan fingerprint density at radius 1 is 1.38 bits per heavy atom. The number of halogens is 1. The van der Waals surface area contributed by atoms with Crippen LogP contribution in [0.15, 0.2) is 24.3 Å². The zero-order valence-corrected chi connectivity index (χ0v) is 11.2. The zero-order chi connectivity index (χ0) is 12.0. The van der Waals surface area contributed by atoms with Crippen LogP contribution in [0.2, 0.25) is 0 Å². The number of amides is 1. The highest BCUT2D eigenvalue weighted by atomic mass is 79.9. The third kappa shape index (κ3) is 3.52. The fourth-order valence-electron chi connectivity index (χ4n) is 1.35. The summed E-state index contributed by atoms with van der Waals surface area (Å²) in [6.07, 6.45) is 0.957. The van der Waals surface area contributed by atoms with Crippen molar-refractivity contribution in [1.82, 2.24) is 4.90 Å². The van der Waals surface area contributed by atoms with Crippen LogP contribution in [0.3, 0.4) is 0 Å². The Labute approximate surface area is 105 Å². The van der Waals surface area contributed by atoms with Crippen LogP contribution in [0.25, 0.3) is 0 Å². The van der Waals surface area contributed by atoms with E-state index in [0.717, 1.165) is 24.0 Å². The first kappa shape index (κ1) is 13.0. The lowest BCUT2D eigenvalue weighted by atomic mass is 10.2. The van der Waals surface area contributed by atoms with Crippen LogP contribution in [0.5, 0.6) is 5.75 Å². The monoisotopic (exact) mass is 285 g/mol. The number of nitrogens with zero attached hydrogens (tertiary/aromatic N) is 1. The summed E-state index contributed by atoms with van der Waals surface area (Å²) in [5, 5.41) is 0.910. The zero-order valence-electron chi connectivity index (χ0n) is 9.57. The molecule has 0 aliphatic heterocycles. The van der Waals surface area contributed by atoms with E-state index in [1.54, 1.807) is 36.3 Å². The summed E-state index contributed by atoms with van der Waals surface area (Å²) in [4.78, 5) is 13.6. The Hall–Kier alpha value is -1.03. The van der Waals surface area contributed by atoms with E-state index in [1.807, 2.05) is 7.05 Å². The van der Waals surface area contributed by atoms with Gasteiger partial charge in [-0.15, -0.1) is 0 Å². The van der Waals surface area contributed by atoms with Crippen molar-refractivity contribution in [2.45, 2.75) is 6.42 Å². The molecule has 0 saturated carbocycles. The van der Waals surface area contributed by atoms with Crippen molar-refractivity contribution in [3.05, 3.63) is 29.8 Å². The Morgan fingerprint density at radius 3 is 2.50 bits per heavy atom. The molecule has 3 nitrogen and oxygen atoms in total. The van der Waals surface area contributed by atoms with Crippen LogP contribution >= 0.6 is 15.9 Å². The second-order valence-electron chi connectivity index (χ2n) is 3.50. The molecule has 0 radical (unpaired) electrons. The molecule has 0 aliphatic carbocycles. The number of benzene rings is 1. The molecule has 0 atom stereocenters. The van der Waals surface area contributed by atoms with E-state index in [0.29, 0.717) is 5.56 Å². The minimum Gasteiger partial charge on any atom is -0.497 e. The molecule has 88 valence electrons. The average Bonchev–Trinajstić information content (AvgIpc) is 2.35. The van der Waals surface area contributed by atoms with Gasteiger partial charge in [0.25, 0.3) is 5.91 Å². The van der Waals surface area contributed by atoms with Crippen LogP contribution in [0.1, 0.15) is 16.8 Å². The highest BCUT2D eigenvalue weighted by Gasteiger charge is 2.10. The topological polar surface area (TPSA) is 29.5 Å². The largest absolute Gasteiger partial charge is 0.497 e. The Morgan fingerprint density at radius 2 is 2.00 bits per heavy atom. The first-order chi connectivity index (χ1) is 7.69. The molecular weight excluding hydrogens is 270 g/mol. The summed E-state index contributed by atoms with van der Waals surface area (Å²) in [6, 6.07) is 7.16. The van der Waals surface area contributed by atoms with Crippen LogP contribution < -0.4 is 4.74 Å². The fraction of sp³-hybridized carbons (Fsp3) is 0.417. The number of alkyl halides is 1. The highest BCUT2D eigenvalue weighted by Crippen LogP contribution is 2.12. The average molecular weight is 286 g/mol. The standard InChI is InChI=1S/C12H16BrNO2/c1-14(9-3-8-13)12(15)10-4-6-11(16-2)7-5-10/h4-7H,3,8-9H2,1-2H3. The molecular formula is C12H16BrNO2. The molecule has 4 heteroatoms. The minimum atomic E-state index is 0.0450. The smallest absolute Gasteiger partial charge is 0.253 e. The lowest BCUT2D eigenvalue weighted by molar-refractivity contribution is 0.0795. The highest BCUT2D eigenvalue weighted by molar-refractivity contribution is 9.09. The predicted octanol–water partition coefficient (Wildman–Crippen LogP) is 2.55. The SMILES string of the molecule is COc1ccc(C(=O)N(C)CCCBr)cc1. The fourth-order valence-corrected chi connectivity index (χ4v) is 1.60. The number of hydrogen-bond donors (Lipinski definition) is 0. The molecule has 1 amide bonds. The van der Waals surface area contributed by atoms with Crippen molar-refractivity contribution in [2.75, 3.05) is 26.0 Å². The maximum Gasteiger partial charge on any atom is 0.253 e. The molecule has 0 fully saturated rings. The molecule has 1 aromatic carbocycles. The summed E-state index contributed by atoms with van der Waals surface area (Å²) < 4.78 is 5.04. The minimum absolute atomic E-state index is 0.0450. The molecule has 0 aliphatic rings. The maximum absolute atomic E-state index is 11.9. The quantitative estimate of drug-likeness (QED) is 0.778. The van der Waals surface area contributed by atoms with E-state index >= 15 is 0 Å². The molecule has 0 unspecified atom stereocenters. The van der Waals surface area contributed by atoms with Gasteiger partial charge in [0.05, 0.1) is 7.11 Å². The number of methoxy groups -OCH3 is 1. The van der Waals surface area contributed by atoms with Crippen LogP contribution in [0.4, 0.5) is 0 Å². The van der Waals surface area contributed by atoms with Crippen molar-refractivity contribution >= 4 is 21.8 Å². The number of ether oxygens (including phenoxy) is 1. The summed E-state index contributed by atoms with van der Waals surface area (Å²) in [7, 11) is 3.42. The lowest BCUT2D eigenvalue weighted by Crippen LogP contribution is -2.27. The van der Waals surface area contributed by atoms with Crippen molar-refractivity contribution in [1.29, 1.82) is 0 Å².